The van der Waals surface area contributed by atoms with Crippen LogP contribution in [0.2, 0.25) is 0 Å². The van der Waals surface area contributed by atoms with Crippen LogP contribution in [0.5, 0.6) is 5.75 Å². The molecule has 2 aromatic rings. The first-order valence-corrected chi connectivity index (χ1v) is 12.4. The molecule has 7 heteroatoms. The van der Waals surface area contributed by atoms with Crippen LogP contribution in [-0.2, 0) is 17.6 Å². The number of amides is 3. The molecule has 182 valence electrons. The molecular weight excluding hydrogens is 428 g/mol. The average molecular weight is 465 g/mol. The highest BCUT2D eigenvalue weighted by Gasteiger charge is 2.54. The molecule has 2 unspecified atom stereocenters. The number of likely N-dealkylation sites (tertiary alicyclic amines) is 1. The second-order valence-electron chi connectivity index (χ2n) is 9.49. The molecule has 2 saturated heterocycles. The number of hydrogen-bond acceptors (Lipinski definition) is 5. The number of benzene rings is 1. The molecule has 2 fully saturated rings. The van der Waals surface area contributed by atoms with Gasteiger partial charge in [0.2, 0.25) is 0 Å². The number of pyridine rings is 1. The maximum atomic E-state index is 13.5. The summed E-state index contributed by atoms with van der Waals surface area (Å²) in [7, 11) is 1.64. The highest BCUT2D eigenvalue weighted by molar-refractivity contribution is 6.07. The van der Waals surface area contributed by atoms with Gasteiger partial charge in [-0.05, 0) is 81.4 Å². The van der Waals surface area contributed by atoms with Crippen molar-refractivity contribution in [1.82, 2.24) is 20.1 Å². The number of piperidine rings is 1. The van der Waals surface area contributed by atoms with Crippen molar-refractivity contribution >= 4 is 11.9 Å². The summed E-state index contributed by atoms with van der Waals surface area (Å²) in [6.07, 6.45) is 5.81. The van der Waals surface area contributed by atoms with Gasteiger partial charge in [0.15, 0.2) is 0 Å². The normalized spacial score (nSPS) is 22.6. The van der Waals surface area contributed by atoms with Crippen molar-refractivity contribution in [3.8, 4) is 5.75 Å². The van der Waals surface area contributed by atoms with Gasteiger partial charge in [0.05, 0.1) is 7.11 Å². The number of imide groups is 1. The van der Waals surface area contributed by atoms with Gasteiger partial charge in [-0.15, -0.1) is 0 Å². The molecule has 0 bridgehead atoms. The van der Waals surface area contributed by atoms with Crippen LogP contribution in [-0.4, -0.2) is 65.0 Å². The van der Waals surface area contributed by atoms with Crippen LogP contribution in [0.4, 0.5) is 4.79 Å². The summed E-state index contributed by atoms with van der Waals surface area (Å²) in [5.41, 5.74) is 1.39. The van der Waals surface area contributed by atoms with E-state index in [1.807, 2.05) is 49.5 Å². The maximum absolute atomic E-state index is 13.5. The Labute approximate surface area is 202 Å². The van der Waals surface area contributed by atoms with E-state index in [2.05, 4.69) is 28.2 Å². The second kappa shape index (κ2) is 10.6. The van der Waals surface area contributed by atoms with Gasteiger partial charge in [-0.25, -0.2) is 4.79 Å². The zero-order chi connectivity index (χ0) is 24.1. The largest absolute Gasteiger partial charge is 0.497 e. The second-order valence-corrected chi connectivity index (χ2v) is 9.49. The molecule has 2 aliphatic rings. The molecule has 3 amide bonds. The molecule has 0 spiro atoms. The number of urea groups is 1. The maximum Gasteiger partial charge on any atom is 0.325 e. The lowest BCUT2D eigenvalue weighted by molar-refractivity contribution is -0.134. The highest BCUT2D eigenvalue weighted by atomic mass is 16.5. The molecule has 0 aliphatic carbocycles. The minimum absolute atomic E-state index is 0.0616. The van der Waals surface area contributed by atoms with Gasteiger partial charge in [0, 0.05) is 30.9 Å². The van der Waals surface area contributed by atoms with Gasteiger partial charge >= 0.3 is 6.03 Å². The van der Waals surface area contributed by atoms with E-state index in [-0.39, 0.29) is 17.9 Å². The Morgan fingerprint density at radius 3 is 2.50 bits per heavy atom. The third kappa shape index (κ3) is 4.94. The number of aromatic nitrogens is 1. The van der Waals surface area contributed by atoms with Gasteiger partial charge in [-0.2, -0.15) is 0 Å². The molecule has 2 aliphatic heterocycles. The van der Waals surface area contributed by atoms with Crippen LogP contribution in [0.15, 0.2) is 48.7 Å². The summed E-state index contributed by atoms with van der Waals surface area (Å²) < 4.78 is 5.21. The quantitative estimate of drug-likeness (QED) is 0.573. The fourth-order valence-corrected chi connectivity index (χ4v) is 5.47. The van der Waals surface area contributed by atoms with E-state index in [9.17, 15) is 9.59 Å². The number of carbonyl (C=O) groups is 2. The summed E-state index contributed by atoms with van der Waals surface area (Å²) in [5.74, 6) is 0.885. The lowest BCUT2D eigenvalue weighted by Gasteiger charge is -2.42. The number of nitrogens with one attached hydrogen (secondary N) is 1. The van der Waals surface area contributed by atoms with Gasteiger partial charge < -0.3 is 15.0 Å². The van der Waals surface area contributed by atoms with Crippen LogP contribution >= 0.6 is 0 Å². The Balaban J connectivity index is 1.36. The number of carbonyl (C=O) groups excluding carboxylic acids is 2. The van der Waals surface area contributed by atoms with Crippen LogP contribution in [0, 0.1) is 5.92 Å². The topological polar surface area (TPSA) is 74.8 Å². The van der Waals surface area contributed by atoms with Crippen molar-refractivity contribution in [2.24, 2.45) is 5.92 Å². The first-order chi connectivity index (χ1) is 16.5. The van der Waals surface area contributed by atoms with Crippen molar-refractivity contribution in [1.29, 1.82) is 0 Å². The Kier molecular flexibility index (Phi) is 7.51. The Morgan fingerprint density at radius 1 is 1.15 bits per heavy atom. The Bertz CT molecular complexity index is 973. The zero-order valence-electron chi connectivity index (χ0n) is 20.5. The molecule has 34 heavy (non-hydrogen) atoms. The van der Waals surface area contributed by atoms with E-state index < -0.39 is 5.54 Å². The number of nitrogens with zero attached hydrogens (tertiary/aromatic N) is 3. The van der Waals surface area contributed by atoms with Crippen LogP contribution in [0.1, 0.15) is 44.4 Å². The van der Waals surface area contributed by atoms with Crippen LogP contribution < -0.4 is 10.1 Å². The number of ether oxygens (including phenoxy) is 1. The van der Waals surface area contributed by atoms with Crippen molar-refractivity contribution in [3.05, 3.63) is 59.9 Å². The van der Waals surface area contributed by atoms with Crippen LogP contribution in [0.3, 0.4) is 0 Å². The van der Waals surface area contributed by atoms with E-state index in [0.29, 0.717) is 25.4 Å². The lowest BCUT2D eigenvalue weighted by Crippen LogP contribution is -2.56. The molecule has 3 heterocycles. The SMILES string of the molecule is CCC1(C2CCN(C(C)Cc3ccccn3)CC2)NC(=O)N(CCc2ccc(OC)cc2)C1=O. The minimum Gasteiger partial charge on any atom is -0.497 e. The summed E-state index contributed by atoms with van der Waals surface area (Å²) in [5, 5.41) is 3.11. The molecule has 1 aromatic carbocycles. The van der Waals surface area contributed by atoms with Crippen molar-refractivity contribution < 1.29 is 14.3 Å². The molecule has 1 N–H and O–H groups in total. The van der Waals surface area contributed by atoms with Gasteiger partial charge in [0.25, 0.3) is 5.91 Å². The Morgan fingerprint density at radius 2 is 1.88 bits per heavy atom. The summed E-state index contributed by atoms with van der Waals surface area (Å²) in [6.45, 7) is 6.50. The molecule has 0 radical (unpaired) electrons. The summed E-state index contributed by atoms with van der Waals surface area (Å²) in [4.78, 5) is 34.8. The average Bonchev–Trinajstić information content (AvgIpc) is 3.13. The predicted molar refractivity (Wildman–Crippen MR) is 132 cm³/mol. The predicted octanol–water partition coefficient (Wildman–Crippen LogP) is 3.68. The first kappa shape index (κ1) is 24.2. The molecule has 4 rings (SSSR count). The standard InChI is InChI=1S/C27H36N4O3/c1-4-27(22-13-16-30(17-14-22)20(2)19-23-7-5-6-15-28-23)25(32)31(26(33)29-27)18-12-21-8-10-24(34-3)11-9-21/h5-11,15,20,22H,4,12-14,16-19H2,1-3H3,(H,29,33). The fourth-order valence-electron chi connectivity index (χ4n) is 5.47. The highest BCUT2D eigenvalue weighted by Crippen LogP contribution is 2.36. The van der Waals surface area contributed by atoms with Gasteiger partial charge in [-0.1, -0.05) is 25.1 Å². The molecule has 1 aromatic heterocycles. The first-order valence-electron chi connectivity index (χ1n) is 12.4. The third-order valence-corrected chi connectivity index (χ3v) is 7.62. The monoisotopic (exact) mass is 464 g/mol. The van der Waals surface area contributed by atoms with Crippen LogP contribution in [0.25, 0.3) is 0 Å². The fraction of sp³-hybridized carbons (Fsp3) is 0.519. The van der Waals surface area contributed by atoms with E-state index >= 15 is 0 Å². The summed E-state index contributed by atoms with van der Waals surface area (Å²) in [6, 6.07) is 13.9. The number of rotatable bonds is 9. The van der Waals surface area contributed by atoms with E-state index in [0.717, 1.165) is 49.4 Å². The molecule has 0 saturated carbocycles. The van der Waals surface area contributed by atoms with E-state index in [1.165, 1.54) is 4.90 Å². The van der Waals surface area contributed by atoms with E-state index in [1.54, 1.807) is 7.11 Å². The van der Waals surface area contributed by atoms with Crippen molar-refractivity contribution in [2.75, 3.05) is 26.7 Å². The third-order valence-electron chi connectivity index (χ3n) is 7.62. The zero-order valence-corrected chi connectivity index (χ0v) is 20.5. The smallest absolute Gasteiger partial charge is 0.325 e. The van der Waals surface area contributed by atoms with Crippen molar-refractivity contribution in [2.45, 2.75) is 57.5 Å². The van der Waals surface area contributed by atoms with Crippen molar-refractivity contribution in [3.63, 3.8) is 0 Å². The lowest BCUT2D eigenvalue weighted by atomic mass is 9.75. The van der Waals surface area contributed by atoms with Gasteiger partial charge in [0.1, 0.15) is 11.3 Å². The minimum atomic E-state index is -0.784. The van der Waals surface area contributed by atoms with Gasteiger partial charge in [-0.3, -0.25) is 14.7 Å². The number of hydrogen-bond donors (Lipinski definition) is 1. The molecule has 2 atom stereocenters. The molecular formula is C27H36N4O3. The number of methoxy groups -OCH3 is 1. The Hall–Kier alpha value is -2.93. The molecule has 7 nitrogen and oxygen atoms in total. The van der Waals surface area contributed by atoms with E-state index in [4.69, 9.17) is 4.74 Å². The summed E-state index contributed by atoms with van der Waals surface area (Å²) >= 11 is 0.